The fourth-order valence-electron chi connectivity index (χ4n) is 3.78. The number of hydrogen-bond donors (Lipinski definition) is 2. The van der Waals surface area contributed by atoms with Gasteiger partial charge >= 0.3 is 0 Å². The molecule has 1 saturated heterocycles. The molecule has 2 rings (SSSR count). The van der Waals surface area contributed by atoms with Crippen molar-refractivity contribution in [2.24, 2.45) is 5.41 Å². The highest BCUT2D eigenvalue weighted by molar-refractivity contribution is 5.21. The van der Waals surface area contributed by atoms with Crippen molar-refractivity contribution in [2.45, 2.75) is 45.3 Å². The zero-order valence-corrected chi connectivity index (χ0v) is 13.9. The SMILES string of the molecule is CNC(c1ccccc1)C(C)(C)CN1CCCC(C)(O)C1. The van der Waals surface area contributed by atoms with E-state index in [-0.39, 0.29) is 5.41 Å². The minimum absolute atomic E-state index is 0.101. The van der Waals surface area contributed by atoms with Gasteiger partial charge in [-0.1, -0.05) is 44.2 Å². The highest BCUT2D eigenvalue weighted by Gasteiger charge is 2.35. The third kappa shape index (κ3) is 4.29. The molecule has 3 heteroatoms. The van der Waals surface area contributed by atoms with Crippen LogP contribution in [0.3, 0.4) is 0 Å². The Balaban J connectivity index is 2.09. The summed E-state index contributed by atoms with van der Waals surface area (Å²) in [5, 5.41) is 13.8. The number of rotatable bonds is 5. The molecule has 1 aromatic carbocycles. The zero-order valence-electron chi connectivity index (χ0n) is 13.9. The van der Waals surface area contributed by atoms with Crippen LogP contribution in [0.5, 0.6) is 0 Å². The summed E-state index contributed by atoms with van der Waals surface area (Å²) in [5.41, 5.74) is 0.897. The molecular weight excluding hydrogens is 260 g/mol. The maximum Gasteiger partial charge on any atom is 0.0746 e. The number of benzene rings is 1. The average molecular weight is 290 g/mol. The molecule has 21 heavy (non-hydrogen) atoms. The van der Waals surface area contributed by atoms with Crippen LogP contribution < -0.4 is 5.32 Å². The Bertz CT molecular complexity index is 442. The molecule has 0 aromatic heterocycles. The van der Waals surface area contributed by atoms with Crippen molar-refractivity contribution in [1.29, 1.82) is 0 Å². The molecule has 2 unspecified atom stereocenters. The first-order valence-corrected chi connectivity index (χ1v) is 8.01. The van der Waals surface area contributed by atoms with E-state index >= 15 is 0 Å². The summed E-state index contributed by atoms with van der Waals surface area (Å²) in [6.45, 7) is 9.43. The number of aliphatic hydroxyl groups is 1. The van der Waals surface area contributed by atoms with Gasteiger partial charge in [-0.2, -0.15) is 0 Å². The standard InChI is InChI=1S/C18H30N2O/c1-17(2,13-20-12-8-11-18(3,21)14-20)16(19-4)15-9-6-5-7-10-15/h5-7,9-10,16,19,21H,8,11-14H2,1-4H3. The predicted octanol–water partition coefficient (Wildman–Crippen LogP) is 2.82. The topological polar surface area (TPSA) is 35.5 Å². The molecule has 118 valence electrons. The fraction of sp³-hybridized carbons (Fsp3) is 0.667. The monoisotopic (exact) mass is 290 g/mol. The zero-order chi connectivity index (χ0) is 15.5. The quantitative estimate of drug-likeness (QED) is 0.875. The van der Waals surface area contributed by atoms with Crippen molar-refractivity contribution in [1.82, 2.24) is 10.2 Å². The van der Waals surface area contributed by atoms with E-state index in [1.807, 2.05) is 14.0 Å². The third-order valence-electron chi connectivity index (χ3n) is 4.59. The molecule has 2 N–H and O–H groups in total. The van der Waals surface area contributed by atoms with E-state index in [1.54, 1.807) is 0 Å². The van der Waals surface area contributed by atoms with Crippen LogP contribution in [-0.2, 0) is 0 Å². The van der Waals surface area contributed by atoms with Gasteiger partial charge in [-0.05, 0) is 44.3 Å². The van der Waals surface area contributed by atoms with Gasteiger partial charge in [0.2, 0.25) is 0 Å². The second-order valence-electron chi connectivity index (χ2n) is 7.43. The van der Waals surface area contributed by atoms with Crippen molar-refractivity contribution in [2.75, 3.05) is 26.7 Å². The van der Waals surface area contributed by atoms with E-state index in [9.17, 15) is 5.11 Å². The molecular formula is C18H30N2O. The summed E-state index contributed by atoms with van der Waals surface area (Å²) in [5.74, 6) is 0. The molecule has 0 amide bonds. The van der Waals surface area contributed by atoms with Gasteiger partial charge in [-0.3, -0.25) is 4.90 Å². The van der Waals surface area contributed by atoms with Crippen LogP contribution >= 0.6 is 0 Å². The predicted molar refractivity (Wildman–Crippen MR) is 88.3 cm³/mol. The van der Waals surface area contributed by atoms with Gasteiger partial charge in [0, 0.05) is 19.1 Å². The van der Waals surface area contributed by atoms with Crippen LogP contribution in [0.2, 0.25) is 0 Å². The summed E-state index contributed by atoms with van der Waals surface area (Å²) in [6.07, 6.45) is 2.00. The van der Waals surface area contributed by atoms with Gasteiger partial charge in [-0.15, -0.1) is 0 Å². The van der Waals surface area contributed by atoms with Gasteiger partial charge < -0.3 is 10.4 Å². The molecule has 0 bridgehead atoms. The molecule has 1 heterocycles. The first-order valence-electron chi connectivity index (χ1n) is 8.01. The second-order valence-corrected chi connectivity index (χ2v) is 7.43. The number of β-amino-alcohol motifs (C(OH)–C–C–N with tert-alkyl or cyclic N) is 1. The average Bonchev–Trinajstić information content (AvgIpc) is 2.38. The minimum atomic E-state index is -0.532. The molecule has 3 nitrogen and oxygen atoms in total. The Labute approximate surface area is 129 Å². The minimum Gasteiger partial charge on any atom is -0.389 e. The van der Waals surface area contributed by atoms with Crippen molar-refractivity contribution < 1.29 is 5.11 Å². The Morgan fingerprint density at radius 2 is 2.00 bits per heavy atom. The molecule has 0 saturated carbocycles. The maximum absolute atomic E-state index is 10.3. The van der Waals surface area contributed by atoms with Crippen LogP contribution in [0, 0.1) is 5.41 Å². The van der Waals surface area contributed by atoms with Crippen LogP contribution in [0.25, 0.3) is 0 Å². The number of nitrogens with one attached hydrogen (secondary N) is 1. The summed E-state index contributed by atoms with van der Waals surface area (Å²) in [7, 11) is 2.03. The van der Waals surface area contributed by atoms with Crippen LogP contribution in [-0.4, -0.2) is 42.3 Å². The van der Waals surface area contributed by atoms with Gasteiger partial charge in [0.25, 0.3) is 0 Å². The summed E-state index contributed by atoms with van der Waals surface area (Å²) < 4.78 is 0. The van der Waals surface area contributed by atoms with Crippen molar-refractivity contribution in [3.8, 4) is 0 Å². The number of likely N-dealkylation sites (tertiary alicyclic amines) is 1. The second kappa shape index (κ2) is 6.47. The van der Waals surface area contributed by atoms with E-state index in [4.69, 9.17) is 0 Å². The lowest BCUT2D eigenvalue weighted by atomic mass is 9.79. The van der Waals surface area contributed by atoms with Gasteiger partial charge in [-0.25, -0.2) is 0 Å². The highest BCUT2D eigenvalue weighted by atomic mass is 16.3. The third-order valence-corrected chi connectivity index (χ3v) is 4.59. The first kappa shape index (κ1) is 16.5. The Hall–Kier alpha value is -0.900. The van der Waals surface area contributed by atoms with E-state index in [0.717, 1.165) is 32.5 Å². The number of hydrogen-bond acceptors (Lipinski definition) is 3. The smallest absolute Gasteiger partial charge is 0.0746 e. The first-order chi connectivity index (χ1) is 9.84. The van der Waals surface area contributed by atoms with Gasteiger partial charge in [0.05, 0.1) is 5.60 Å². The van der Waals surface area contributed by atoms with Crippen LogP contribution in [0.1, 0.15) is 45.2 Å². The van der Waals surface area contributed by atoms with E-state index < -0.39 is 5.60 Å². The van der Waals surface area contributed by atoms with Gasteiger partial charge in [0.1, 0.15) is 0 Å². The highest BCUT2D eigenvalue weighted by Crippen LogP contribution is 2.35. The summed E-state index contributed by atoms with van der Waals surface area (Å²) >= 11 is 0. The normalized spacial score (nSPS) is 25.8. The Morgan fingerprint density at radius 3 is 2.57 bits per heavy atom. The van der Waals surface area contributed by atoms with Crippen LogP contribution in [0.15, 0.2) is 30.3 Å². The van der Waals surface area contributed by atoms with E-state index in [0.29, 0.717) is 6.04 Å². The Morgan fingerprint density at radius 1 is 1.33 bits per heavy atom. The fourth-order valence-corrected chi connectivity index (χ4v) is 3.78. The lowest BCUT2D eigenvalue weighted by Crippen LogP contribution is -2.50. The van der Waals surface area contributed by atoms with Crippen molar-refractivity contribution >= 4 is 0 Å². The number of piperidine rings is 1. The Kier molecular flexibility index (Phi) is 5.07. The number of nitrogens with zero attached hydrogens (tertiary/aromatic N) is 1. The molecule has 1 aliphatic heterocycles. The lowest BCUT2D eigenvalue weighted by molar-refractivity contribution is -0.0287. The molecule has 1 aliphatic rings. The molecule has 0 aliphatic carbocycles. The summed E-state index contributed by atoms with van der Waals surface area (Å²) in [6, 6.07) is 10.9. The molecule has 0 spiro atoms. The lowest BCUT2D eigenvalue weighted by Gasteiger charge is -2.43. The van der Waals surface area contributed by atoms with Crippen molar-refractivity contribution in [3.05, 3.63) is 35.9 Å². The van der Waals surface area contributed by atoms with Crippen molar-refractivity contribution in [3.63, 3.8) is 0 Å². The van der Waals surface area contributed by atoms with Gasteiger partial charge in [0.15, 0.2) is 0 Å². The maximum atomic E-state index is 10.3. The van der Waals surface area contributed by atoms with E-state index in [2.05, 4.69) is 54.4 Å². The molecule has 1 aromatic rings. The van der Waals surface area contributed by atoms with E-state index in [1.165, 1.54) is 5.56 Å². The van der Waals surface area contributed by atoms with Crippen LogP contribution in [0.4, 0.5) is 0 Å². The largest absolute Gasteiger partial charge is 0.389 e. The molecule has 0 radical (unpaired) electrons. The summed E-state index contributed by atoms with van der Waals surface area (Å²) in [4.78, 5) is 2.41. The molecule has 1 fully saturated rings. The molecule has 2 atom stereocenters.